The van der Waals surface area contributed by atoms with E-state index >= 15 is 0 Å². The monoisotopic (exact) mass is 378 g/mol. The van der Waals surface area contributed by atoms with Gasteiger partial charge in [0.25, 0.3) is 0 Å². The molecule has 1 atom stereocenters. The molecular weight excluding hydrogens is 362 g/mol. The number of hydrogen-bond acceptors (Lipinski definition) is 3. The molecule has 138 valence electrons. The number of nitrogens with one attached hydrogen (secondary N) is 1. The fourth-order valence-corrected chi connectivity index (χ4v) is 2.61. The fraction of sp³-hybridized carbons (Fsp3) is 0.571. The minimum Gasteiger partial charge on any atom is -0.406 e. The number of nitrogens with zero attached hydrogens (tertiary/aromatic N) is 1. The summed E-state index contributed by atoms with van der Waals surface area (Å²) in [4.78, 5) is 1.64. The highest BCUT2D eigenvalue weighted by Crippen LogP contribution is 2.33. The number of halogens is 7. The normalized spacial score (nSPS) is 17.5. The molecule has 3 nitrogen and oxygen atoms in total. The van der Waals surface area contributed by atoms with E-state index in [2.05, 4.69) is 10.1 Å². The van der Waals surface area contributed by atoms with Crippen LogP contribution in [0.25, 0.3) is 0 Å². The average Bonchev–Trinajstić information content (AvgIpc) is 2.46. The number of rotatable bonds is 5. The zero-order valence-corrected chi connectivity index (χ0v) is 13.3. The van der Waals surface area contributed by atoms with Crippen molar-refractivity contribution in [2.75, 3.05) is 26.2 Å². The predicted molar refractivity (Wildman–Crippen MR) is 78.1 cm³/mol. The predicted octanol–water partition coefficient (Wildman–Crippen LogP) is 3.75. The zero-order chi connectivity index (χ0) is 17.0. The molecule has 0 unspecified atom stereocenters. The van der Waals surface area contributed by atoms with Crippen molar-refractivity contribution in [3.63, 3.8) is 0 Å². The third kappa shape index (κ3) is 6.03. The zero-order valence-electron chi connectivity index (χ0n) is 12.5. The molecule has 0 bridgehead atoms. The van der Waals surface area contributed by atoms with Gasteiger partial charge in [0, 0.05) is 44.2 Å². The molecule has 1 aliphatic rings. The smallest absolute Gasteiger partial charge is 0.406 e. The van der Waals surface area contributed by atoms with Crippen LogP contribution in [0.1, 0.15) is 18.0 Å². The first-order valence-electron chi connectivity index (χ1n) is 7.04. The molecule has 1 fully saturated rings. The third-order valence-corrected chi connectivity index (χ3v) is 3.55. The van der Waals surface area contributed by atoms with Gasteiger partial charge in [-0.3, -0.25) is 4.90 Å². The van der Waals surface area contributed by atoms with Gasteiger partial charge in [-0.15, -0.1) is 25.6 Å². The van der Waals surface area contributed by atoms with Crippen molar-refractivity contribution in [1.82, 2.24) is 10.2 Å². The third-order valence-electron chi connectivity index (χ3n) is 3.55. The summed E-state index contributed by atoms with van der Waals surface area (Å²) >= 11 is 0. The highest BCUT2D eigenvalue weighted by Gasteiger charge is 2.33. The highest BCUT2D eigenvalue weighted by molar-refractivity contribution is 5.85. The summed E-state index contributed by atoms with van der Waals surface area (Å²) in [5.41, 5.74) is -0.214. The molecule has 10 heteroatoms. The molecule has 24 heavy (non-hydrogen) atoms. The summed E-state index contributed by atoms with van der Waals surface area (Å²) in [6.45, 7) is 1.89. The Bertz CT molecular complexity index is 522. The summed E-state index contributed by atoms with van der Waals surface area (Å²) in [5.74, 6) is -1.45. The molecule has 1 aromatic rings. The largest absolute Gasteiger partial charge is 0.573 e. The second-order valence-electron chi connectivity index (χ2n) is 5.16. The second kappa shape index (κ2) is 8.77. The molecule has 0 saturated carbocycles. The molecule has 1 aliphatic heterocycles. The second-order valence-corrected chi connectivity index (χ2v) is 5.16. The van der Waals surface area contributed by atoms with E-state index in [4.69, 9.17) is 0 Å². The topological polar surface area (TPSA) is 24.5 Å². The summed E-state index contributed by atoms with van der Waals surface area (Å²) in [6, 6.07) is 1.47. The Hall–Kier alpha value is -1.19. The summed E-state index contributed by atoms with van der Waals surface area (Å²) in [6.07, 6.45) is -8.30. The Morgan fingerprint density at radius 2 is 1.79 bits per heavy atom. The quantitative estimate of drug-likeness (QED) is 0.790. The maximum atomic E-state index is 14.0. The van der Waals surface area contributed by atoms with Gasteiger partial charge in [-0.1, -0.05) is 0 Å². The van der Waals surface area contributed by atoms with Crippen LogP contribution in [-0.2, 0) is 0 Å². The number of benzene rings is 1. The van der Waals surface area contributed by atoms with Crippen molar-refractivity contribution in [2.24, 2.45) is 0 Å². The molecule has 2 rings (SSSR count). The van der Waals surface area contributed by atoms with Crippen LogP contribution >= 0.6 is 12.4 Å². The Kier molecular flexibility index (Phi) is 7.62. The van der Waals surface area contributed by atoms with E-state index in [0.29, 0.717) is 26.2 Å². The Morgan fingerprint density at radius 3 is 2.33 bits per heavy atom. The maximum Gasteiger partial charge on any atom is 0.573 e. The van der Waals surface area contributed by atoms with Crippen molar-refractivity contribution >= 4 is 12.4 Å². The van der Waals surface area contributed by atoms with E-state index in [1.165, 1.54) is 0 Å². The van der Waals surface area contributed by atoms with Crippen molar-refractivity contribution in [3.8, 4) is 5.75 Å². The van der Waals surface area contributed by atoms with Crippen molar-refractivity contribution in [2.45, 2.75) is 25.3 Å². The van der Waals surface area contributed by atoms with Crippen LogP contribution in [0.2, 0.25) is 0 Å². The first kappa shape index (κ1) is 20.9. The summed E-state index contributed by atoms with van der Waals surface area (Å²) < 4.78 is 80.3. The molecule has 0 aromatic heterocycles. The number of hydrogen-bond donors (Lipinski definition) is 1. The van der Waals surface area contributed by atoms with Crippen LogP contribution < -0.4 is 10.1 Å². The minimum absolute atomic E-state index is 0. The van der Waals surface area contributed by atoms with Crippen LogP contribution in [0.15, 0.2) is 18.2 Å². The van der Waals surface area contributed by atoms with Gasteiger partial charge >= 0.3 is 6.36 Å². The van der Waals surface area contributed by atoms with Crippen LogP contribution in [0, 0.1) is 5.82 Å². The van der Waals surface area contributed by atoms with E-state index in [9.17, 15) is 26.3 Å². The van der Waals surface area contributed by atoms with Crippen LogP contribution in [-0.4, -0.2) is 43.9 Å². The maximum absolute atomic E-state index is 14.0. The van der Waals surface area contributed by atoms with Gasteiger partial charge in [0.2, 0.25) is 6.43 Å². The van der Waals surface area contributed by atoms with E-state index in [1.807, 2.05) is 0 Å². The lowest BCUT2D eigenvalue weighted by atomic mass is 10.00. The lowest BCUT2D eigenvalue weighted by Gasteiger charge is -2.35. The van der Waals surface area contributed by atoms with Crippen molar-refractivity contribution in [1.29, 1.82) is 0 Å². The van der Waals surface area contributed by atoms with E-state index < -0.39 is 36.8 Å². The minimum atomic E-state index is -4.93. The number of alkyl halides is 5. The summed E-state index contributed by atoms with van der Waals surface area (Å²) in [5, 5.41) is 3.04. The molecule has 1 saturated heterocycles. The Balaban J connectivity index is 0.00000288. The lowest BCUT2D eigenvalue weighted by molar-refractivity contribution is -0.274. The molecule has 0 aliphatic carbocycles. The van der Waals surface area contributed by atoms with Gasteiger partial charge in [0.15, 0.2) is 0 Å². The molecule has 0 spiro atoms. The first-order chi connectivity index (χ1) is 10.8. The molecular formula is C14H17ClF6N2O. The van der Waals surface area contributed by atoms with Gasteiger partial charge in [0.1, 0.15) is 11.6 Å². The van der Waals surface area contributed by atoms with E-state index in [1.54, 1.807) is 4.90 Å². The molecule has 1 N–H and O–H groups in total. The van der Waals surface area contributed by atoms with Gasteiger partial charge in [-0.2, -0.15) is 0 Å². The average molecular weight is 379 g/mol. The number of ether oxygens (including phenoxy) is 1. The SMILES string of the molecule is Cl.Fc1ccc(OC(F)(F)F)cc1[C@H](CC(F)F)N1CCNCC1. The van der Waals surface area contributed by atoms with Gasteiger partial charge < -0.3 is 10.1 Å². The van der Waals surface area contributed by atoms with Gasteiger partial charge in [-0.25, -0.2) is 13.2 Å². The van der Waals surface area contributed by atoms with Crippen molar-refractivity contribution < 1.29 is 31.1 Å². The van der Waals surface area contributed by atoms with Crippen molar-refractivity contribution in [3.05, 3.63) is 29.6 Å². The molecule has 1 aromatic carbocycles. The van der Waals surface area contributed by atoms with Gasteiger partial charge in [0.05, 0.1) is 0 Å². The standard InChI is InChI=1S/C14H16F6N2O.ClH/c15-11-2-1-9(23-14(18,19)20)7-10(11)12(8-13(16)17)22-5-3-21-4-6-22;/h1-2,7,12-13,21H,3-6,8H2;1H/t12-;/m0./s1. The van der Waals surface area contributed by atoms with Crippen LogP contribution in [0.3, 0.4) is 0 Å². The highest BCUT2D eigenvalue weighted by atomic mass is 35.5. The lowest BCUT2D eigenvalue weighted by Crippen LogP contribution is -2.45. The fourth-order valence-electron chi connectivity index (χ4n) is 2.61. The van der Waals surface area contributed by atoms with Gasteiger partial charge in [-0.05, 0) is 18.2 Å². The van der Waals surface area contributed by atoms with E-state index in [-0.39, 0.29) is 18.0 Å². The Labute approximate surface area is 141 Å². The first-order valence-corrected chi connectivity index (χ1v) is 7.04. The molecule has 1 heterocycles. The molecule has 0 amide bonds. The Morgan fingerprint density at radius 1 is 1.17 bits per heavy atom. The van der Waals surface area contributed by atoms with E-state index in [0.717, 1.165) is 18.2 Å². The molecule has 0 radical (unpaired) electrons. The van der Waals surface area contributed by atoms with Crippen LogP contribution in [0.5, 0.6) is 5.75 Å². The summed E-state index contributed by atoms with van der Waals surface area (Å²) in [7, 11) is 0. The number of piperazine rings is 1. The van der Waals surface area contributed by atoms with Crippen LogP contribution in [0.4, 0.5) is 26.3 Å².